The molecule has 2 rings (SSSR count). The topological polar surface area (TPSA) is 21.3 Å². The van der Waals surface area contributed by atoms with E-state index in [4.69, 9.17) is 4.74 Å². The number of nitrogens with one attached hydrogen (secondary N) is 1. The summed E-state index contributed by atoms with van der Waals surface area (Å²) in [6, 6.07) is 1.19. The minimum absolute atomic E-state index is 0.449. The van der Waals surface area contributed by atoms with Crippen molar-refractivity contribution in [1.82, 2.24) is 5.32 Å². The first-order valence-corrected chi connectivity index (χ1v) is 5.39. The first-order valence-electron chi connectivity index (χ1n) is 5.39. The summed E-state index contributed by atoms with van der Waals surface area (Å²) in [4.78, 5) is 0. The highest BCUT2D eigenvalue weighted by Gasteiger charge is 2.23. The lowest BCUT2D eigenvalue weighted by Gasteiger charge is -2.21. The van der Waals surface area contributed by atoms with Crippen molar-refractivity contribution < 1.29 is 4.74 Å². The van der Waals surface area contributed by atoms with Gasteiger partial charge in [-0.3, -0.25) is 0 Å². The summed E-state index contributed by atoms with van der Waals surface area (Å²) in [6.07, 6.45) is 10.1. The van der Waals surface area contributed by atoms with E-state index in [1.807, 2.05) is 0 Å². The van der Waals surface area contributed by atoms with Gasteiger partial charge < -0.3 is 10.1 Å². The molecule has 0 bridgehead atoms. The van der Waals surface area contributed by atoms with Crippen molar-refractivity contribution in [3.8, 4) is 0 Å². The third kappa shape index (κ3) is 2.55. The molecule has 0 aromatic rings. The molecule has 74 valence electrons. The zero-order valence-electron chi connectivity index (χ0n) is 8.33. The molecule has 1 fully saturated rings. The number of hydrogen-bond donors (Lipinski definition) is 1. The van der Waals surface area contributed by atoms with Crippen LogP contribution < -0.4 is 5.32 Å². The third-order valence-corrected chi connectivity index (χ3v) is 2.90. The minimum atomic E-state index is 0.449. The number of ether oxygens (including phenoxy) is 1. The Morgan fingerprint density at radius 2 is 2.38 bits per heavy atom. The van der Waals surface area contributed by atoms with Crippen LogP contribution in [0.4, 0.5) is 0 Å². The van der Waals surface area contributed by atoms with Crippen molar-refractivity contribution >= 4 is 0 Å². The molecule has 1 N–H and O–H groups in total. The SMILES string of the molecule is CC1CC(NC2C=CCCC2)CO1. The Hall–Kier alpha value is -0.340. The average Bonchev–Trinajstić information content (AvgIpc) is 2.53. The van der Waals surface area contributed by atoms with Gasteiger partial charge in [0.1, 0.15) is 0 Å². The molecule has 13 heavy (non-hydrogen) atoms. The maximum absolute atomic E-state index is 5.52. The van der Waals surface area contributed by atoms with E-state index in [0.717, 1.165) is 6.61 Å². The highest BCUT2D eigenvalue weighted by atomic mass is 16.5. The molecule has 3 unspecified atom stereocenters. The van der Waals surface area contributed by atoms with Gasteiger partial charge in [-0.25, -0.2) is 0 Å². The molecule has 1 aliphatic heterocycles. The molecule has 0 saturated carbocycles. The monoisotopic (exact) mass is 181 g/mol. The second kappa shape index (κ2) is 4.25. The van der Waals surface area contributed by atoms with Crippen molar-refractivity contribution in [3.05, 3.63) is 12.2 Å². The van der Waals surface area contributed by atoms with Gasteiger partial charge in [-0.1, -0.05) is 12.2 Å². The fourth-order valence-electron chi connectivity index (χ4n) is 2.19. The van der Waals surface area contributed by atoms with E-state index in [-0.39, 0.29) is 0 Å². The Kier molecular flexibility index (Phi) is 3.01. The highest BCUT2D eigenvalue weighted by Crippen LogP contribution is 2.16. The predicted octanol–water partition coefficient (Wildman–Crippen LogP) is 1.86. The number of allylic oxidation sites excluding steroid dienone is 1. The van der Waals surface area contributed by atoms with Crippen molar-refractivity contribution in [3.63, 3.8) is 0 Å². The second-order valence-corrected chi connectivity index (χ2v) is 4.21. The average molecular weight is 181 g/mol. The first kappa shape index (κ1) is 9.22. The molecule has 0 amide bonds. The normalized spacial score (nSPS) is 39.6. The third-order valence-electron chi connectivity index (χ3n) is 2.90. The van der Waals surface area contributed by atoms with Crippen LogP contribution in [0.5, 0.6) is 0 Å². The maximum Gasteiger partial charge on any atom is 0.0624 e. The second-order valence-electron chi connectivity index (χ2n) is 4.21. The van der Waals surface area contributed by atoms with Crippen LogP contribution in [0.3, 0.4) is 0 Å². The van der Waals surface area contributed by atoms with E-state index >= 15 is 0 Å². The van der Waals surface area contributed by atoms with E-state index < -0.39 is 0 Å². The van der Waals surface area contributed by atoms with Crippen LogP contribution in [-0.2, 0) is 4.74 Å². The summed E-state index contributed by atoms with van der Waals surface area (Å²) < 4.78 is 5.52. The predicted molar refractivity (Wildman–Crippen MR) is 53.7 cm³/mol. The van der Waals surface area contributed by atoms with Crippen molar-refractivity contribution in [1.29, 1.82) is 0 Å². The molecule has 1 heterocycles. The smallest absolute Gasteiger partial charge is 0.0624 e. The van der Waals surface area contributed by atoms with Crippen molar-refractivity contribution in [2.75, 3.05) is 6.61 Å². The lowest BCUT2D eigenvalue weighted by molar-refractivity contribution is 0.121. The van der Waals surface area contributed by atoms with E-state index in [2.05, 4.69) is 24.4 Å². The summed E-state index contributed by atoms with van der Waals surface area (Å²) in [5.41, 5.74) is 0. The molecular formula is C11H19NO. The van der Waals surface area contributed by atoms with E-state index in [1.165, 1.54) is 25.7 Å². The van der Waals surface area contributed by atoms with Gasteiger partial charge in [-0.05, 0) is 32.6 Å². The summed E-state index contributed by atoms with van der Waals surface area (Å²) in [7, 11) is 0. The quantitative estimate of drug-likeness (QED) is 0.657. The van der Waals surface area contributed by atoms with Gasteiger partial charge in [0.15, 0.2) is 0 Å². The van der Waals surface area contributed by atoms with Gasteiger partial charge in [0.2, 0.25) is 0 Å². The number of rotatable bonds is 2. The Balaban J connectivity index is 1.77. The standard InChI is InChI=1S/C11H19NO/c1-9-7-11(8-13-9)12-10-5-3-2-4-6-10/h3,5,9-12H,2,4,6-8H2,1H3. The molecule has 1 aliphatic carbocycles. The lowest BCUT2D eigenvalue weighted by atomic mass is 10.0. The molecule has 3 atom stereocenters. The molecule has 1 saturated heterocycles. The van der Waals surface area contributed by atoms with E-state index in [9.17, 15) is 0 Å². The van der Waals surface area contributed by atoms with Gasteiger partial charge in [-0.2, -0.15) is 0 Å². The highest BCUT2D eigenvalue weighted by molar-refractivity contribution is 4.99. The van der Waals surface area contributed by atoms with Crippen LogP contribution in [0.1, 0.15) is 32.6 Å². The van der Waals surface area contributed by atoms with Crippen LogP contribution in [0.15, 0.2) is 12.2 Å². The van der Waals surface area contributed by atoms with Gasteiger partial charge in [0, 0.05) is 12.1 Å². The zero-order chi connectivity index (χ0) is 9.10. The van der Waals surface area contributed by atoms with Crippen LogP contribution >= 0.6 is 0 Å². The summed E-state index contributed by atoms with van der Waals surface area (Å²) in [6.45, 7) is 3.05. The Bertz CT molecular complexity index is 191. The van der Waals surface area contributed by atoms with Crippen LogP contribution in [0, 0.1) is 0 Å². The molecule has 2 nitrogen and oxygen atoms in total. The Morgan fingerprint density at radius 1 is 1.46 bits per heavy atom. The summed E-state index contributed by atoms with van der Waals surface area (Å²) in [5.74, 6) is 0. The molecule has 2 aliphatic rings. The summed E-state index contributed by atoms with van der Waals surface area (Å²) in [5, 5.41) is 3.64. The van der Waals surface area contributed by atoms with Crippen LogP contribution in [0.25, 0.3) is 0 Å². The fourth-order valence-corrected chi connectivity index (χ4v) is 2.19. The molecule has 2 heteroatoms. The number of hydrogen-bond acceptors (Lipinski definition) is 2. The van der Waals surface area contributed by atoms with Gasteiger partial charge >= 0.3 is 0 Å². The molecule has 0 spiro atoms. The minimum Gasteiger partial charge on any atom is -0.377 e. The van der Waals surface area contributed by atoms with Gasteiger partial charge in [0.25, 0.3) is 0 Å². The van der Waals surface area contributed by atoms with Crippen LogP contribution in [0.2, 0.25) is 0 Å². The molecule has 0 radical (unpaired) electrons. The van der Waals surface area contributed by atoms with E-state index in [1.54, 1.807) is 0 Å². The van der Waals surface area contributed by atoms with Gasteiger partial charge in [-0.15, -0.1) is 0 Å². The fraction of sp³-hybridized carbons (Fsp3) is 0.818. The molecular weight excluding hydrogens is 162 g/mol. The zero-order valence-corrected chi connectivity index (χ0v) is 8.33. The van der Waals surface area contributed by atoms with Gasteiger partial charge in [0.05, 0.1) is 12.7 Å². The summed E-state index contributed by atoms with van der Waals surface area (Å²) >= 11 is 0. The Labute approximate surface area is 80.4 Å². The van der Waals surface area contributed by atoms with Crippen LogP contribution in [-0.4, -0.2) is 24.8 Å². The first-order chi connectivity index (χ1) is 6.34. The molecule has 0 aromatic carbocycles. The largest absolute Gasteiger partial charge is 0.377 e. The van der Waals surface area contributed by atoms with E-state index in [0.29, 0.717) is 18.2 Å². The molecule has 0 aromatic heterocycles. The van der Waals surface area contributed by atoms with Crippen molar-refractivity contribution in [2.45, 2.75) is 50.8 Å². The van der Waals surface area contributed by atoms with Crippen molar-refractivity contribution in [2.24, 2.45) is 0 Å². The lowest BCUT2D eigenvalue weighted by Crippen LogP contribution is -2.38. The Morgan fingerprint density at radius 3 is 3.00 bits per heavy atom. The maximum atomic E-state index is 5.52.